The van der Waals surface area contributed by atoms with E-state index in [2.05, 4.69) is 24.5 Å². The first-order chi connectivity index (χ1) is 11.1. The van der Waals surface area contributed by atoms with E-state index >= 15 is 0 Å². The maximum atomic E-state index is 11.8. The molecule has 0 saturated carbocycles. The highest BCUT2D eigenvalue weighted by Gasteiger charge is 2.02. The number of carbonyl (C=O) groups is 1. The molecule has 2 aromatic rings. The lowest BCUT2D eigenvalue weighted by Gasteiger charge is -2.10. The summed E-state index contributed by atoms with van der Waals surface area (Å²) in [6.45, 7) is 5.73. The molecule has 2 N–H and O–H groups in total. The van der Waals surface area contributed by atoms with Gasteiger partial charge in [0.15, 0.2) is 0 Å². The van der Waals surface area contributed by atoms with E-state index in [0.717, 1.165) is 17.0 Å². The van der Waals surface area contributed by atoms with Gasteiger partial charge < -0.3 is 15.4 Å². The van der Waals surface area contributed by atoms with Crippen molar-refractivity contribution in [2.45, 2.75) is 20.4 Å². The Balaban J connectivity index is 1.71. The molecule has 0 spiro atoms. The van der Waals surface area contributed by atoms with Gasteiger partial charge in [-0.1, -0.05) is 44.2 Å². The Morgan fingerprint density at radius 3 is 2.39 bits per heavy atom. The smallest absolute Gasteiger partial charge is 0.239 e. The van der Waals surface area contributed by atoms with E-state index in [1.54, 1.807) is 0 Å². The van der Waals surface area contributed by atoms with Crippen molar-refractivity contribution in [1.29, 1.82) is 0 Å². The number of amides is 1. The molecule has 122 valence electrons. The summed E-state index contributed by atoms with van der Waals surface area (Å²) in [6, 6.07) is 17.5. The average molecular weight is 312 g/mol. The van der Waals surface area contributed by atoms with E-state index in [1.165, 1.54) is 0 Å². The van der Waals surface area contributed by atoms with Crippen molar-refractivity contribution >= 4 is 11.6 Å². The molecule has 23 heavy (non-hydrogen) atoms. The van der Waals surface area contributed by atoms with Crippen molar-refractivity contribution in [3.05, 3.63) is 60.2 Å². The quantitative estimate of drug-likeness (QED) is 0.785. The predicted molar refractivity (Wildman–Crippen MR) is 93.6 cm³/mol. The van der Waals surface area contributed by atoms with Crippen molar-refractivity contribution in [2.24, 2.45) is 5.92 Å². The van der Waals surface area contributed by atoms with Crippen LogP contribution in [0.15, 0.2) is 54.6 Å². The maximum Gasteiger partial charge on any atom is 0.239 e. The van der Waals surface area contributed by atoms with Crippen molar-refractivity contribution in [3.63, 3.8) is 0 Å². The third kappa shape index (κ3) is 6.43. The summed E-state index contributed by atoms with van der Waals surface area (Å²) < 4.78 is 5.63. The highest BCUT2D eigenvalue weighted by molar-refractivity contribution is 5.80. The lowest BCUT2D eigenvalue weighted by atomic mass is 10.2. The van der Waals surface area contributed by atoms with Crippen molar-refractivity contribution in [3.8, 4) is 5.75 Å². The van der Waals surface area contributed by atoms with E-state index < -0.39 is 0 Å². The van der Waals surface area contributed by atoms with E-state index in [1.807, 2.05) is 54.6 Å². The monoisotopic (exact) mass is 312 g/mol. The van der Waals surface area contributed by atoms with Crippen LogP contribution >= 0.6 is 0 Å². The van der Waals surface area contributed by atoms with Gasteiger partial charge in [-0.3, -0.25) is 4.79 Å². The Morgan fingerprint density at radius 1 is 1.04 bits per heavy atom. The molecule has 0 atom stereocenters. The standard InChI is InChI=1S/C19H24N2O2/c1-15(2)14-23-18-10-8-17(9-11-18)20-13-19(22)21-12-16-6-4-3-5-7-16/h3-11,15,20H,12-14H2,1-2H3,(H,21,22). The van der Waals surface area contributed by atoms with Crippen LogP contribution in [0, 0.1) is 5.92 Å². The normalized spacial score (nSPS) is 10.4. The third-order valence-corrected chi connectivity index (χ3v) is 3.22. The number of hydrogen-bond donors (Lipinski definition) is 2. The summed E-state index contributed by atoms with van der Waals surface area (Å²) >= 11 is 0. The fourth-order valence-electron chi connectivity index (χ4n) is 1.97. The molecule has 0 aliphatic heterocycles. The minimum atomic E-state index is -0.0333. The Bertz CT molecular complexity index is 595. The van der Waals surface area contributed by atoms with Crippen LogP contribution in [-0.4, -0.2) is 19.1 Å². The number of rotatable bonds is 8. The zero-order valence-electron chi connectivity index (χ0n) is 13.7. The molecule has 0 radical (unpaired) electrons. The summed E-state index contributed by atoms with van der Waals surface area (Å²) in [5, 5.41) is 5.99. The number of anilines is 1. The summed E-state index contributed by atoms with van der Waals surface area (Å²) in [4.78, 5) is 11.8. The predicted octanol–water partition coefficient (Wildman–Crippen LogP) is 3.45. The van der Waals surface area contributed by atoms with Gasteiger partial charge in [-0.05, 0) is 35.7 Å². The van der Waals surface area contributed by atoms with Gasteiger partial charge in [0.05, 0.1) is 13.2 Å². The highest BCUT2D eigenvalue weighted by atomic mass is 16.5. The van der Waals surface area contributed by atoms with Gasteiger partial charge in [-0.25, -0.2) is 0 Å². The molecule has 0 aliphatic carbocycles. The summed E-state index contributed by atoms with van der Waals surface area (Å²) in [7, 11) is 0. The Kier molecular flexibility index (Phi) is 6.48. The van der Waals surface area contributed by atoms with Gasteiger partial charge in [-0.15, -0.1) is 0 Å². The number of benzene rings is 2. The minimum Gasteiger partial charge on any atom is -0.493 e. The average Bonchev–Trinajstić information content (AvgIpc) is 2.58. The van der Waals surface area contributed by atoms with Crippen LogP contribution in [0.1, 0.15) is 19.4 Å². The Hall–Kier alpha value is -2.49. The van der Waals surface area contributed by atoms with Crippen LogP contribution < -0.4 is 15.4 Å². The first-order valence-corrected chi connectivity index (χ1v) is 7.91. The lowest BCUT2D eigenvalue weighted by Crippen LogP contribution is -2.29. The van der Waals surface area contributed by atoms with Crippen molar-refractivity contribution < 1.29 is 9.53 Å². The second-order valence-electron chi connectivity index (χ2n) is 5.85. The van der Waals surface area contributed by atoms with Gasteiger partial charge >= 0.3 is 0 Å². The van der Waals surface area contributed by atoms with Gasteiger partial charge in [-0.2, -0.15) is 0 Å². The molecule has 0 unspecified atom stereocenters. The molecular weight excluding hydrogens is 288 g/mol. The molecule has 2 rings (SSSR count). The zero-order chi connectivity index (χ0) is 16.5. The largest absolute Gasteiger partial charge is 0.493 e. The Labute approximate surface area is 137 Å². The van der Waals surface area contributed by atoms with Gasteiger partial charge in [0.2, 0.25) is 5.91 Å². The molecular formula is C19H24N2O2. The summed E-state index contributed by atoms with van der Waals surface area (Å²) in [5.41, 5.74) is 1.99. The molecule has 4 nitrogen and oxygen atoms in total. The van der Waals surface area contributed by atoms with Crippen LogP contribution in [0.25, 0.3) is 0 Å². The van der Waals surface area contributed by atoms with Crippen molar-refractivity contribution in [2.75, 3.05) is 18.5 Å². The highest BCUT2D eigenvalue weighted by Crippen LogP contribution is 2.16. The van der Waals surface area contributed by atoms with Crippen LogP contribution in [0.5, 0.6) is 5.75 Å². The molecule has 2 aromatic carbocycles. The summed E-state index contributed by atoms with van der Waals surface area (Å²) in [5.74, 6) is 1.31. The SMILES string of the molecule is CC(C)COc1ccc(NCC(=O)NCc2ccccc2)cc1. The summed E-state index contributed by atoms with van der Waals surface area (Å²) in [6.07, 6.45) is 0. The molecule has 0 aromatic heterocycles. The van der Waals surface area contributed by atoms with Gasteiger partial charge in [0.1, 0.15) is 5.75 Å². The van der Waals surface area contributed by atoms with E-state index in [-0.39, 0.29) is 12.5 Å². The minimum absolute atomic E-state index is 0.0333. The molecule has 0 fully saturated rings. The van der Waals surface area contributed by atoms with Gasteiger partial charge in [0.25, 0.3) is 0 Å². The number of hydrogen-bond acceptors (Lipinski definition) is 3. The fourth-order valence-corrected chi connectivity index (χ4v) is 1.97. The molecule has 0 aliphatic rings. The lowest BCUT2D eigenvalue weighted by molar-refractivity contribution is -0.119. The third-order valence-electron chi connectivity index (χ3n) is 3.22. The second-order valence-corrected chi connectivity index (χ2v) is 5.85. The van der Waals surface area contributed by atoms with Crippen LogP contribution in [0.3, 0.4) is 0 Å². The van der Waals surface area contributed by atoms with Crippen LogP contribution in [0.2, 0.25) is 0 Å². The van der Waals surface area contributed by atoms with Crippen molar-refractivity contribution in [1.82, 2.24) is 5.32 Å². The topological polar surface area (TPSA) is 50.4 Å². The fraction of sp³-hybridized carbons (Fsp3) is 0.316. The van der Waals surface area contributed by atoms with E-state index in [0.29, 0.717) is 19.1 Å². The second kappa shape index (κ2) is 8.83. The van der Waals surface area contributed by atoms with E-state index in [9.17, 15) is 4.79 Å². The Morgan fingerprint density at radius 2 is 1.74 bits per heavy atom. The van der Waals surface area contributed by atoms with E-state index in [4.69, 9.17) is 4.74 Å². The molecule has 0 bridgehead atoms. The molecule has 4 heteroatoms. The molecule has 1 amide bonds. The molecule has 0 saturated heterocycles. The van der Waals surface area contributed by atoms with Crippen LogP contribution in [0.4, 0.5) is 5.69 Å². The zero-order valence-corrected chi connectivity index (χ0v) is 13.7. The number of nitrogens with one attached hydrogen (secondary N) is 2. The number of carbonyl (C=O) groups excluding carboxylic acids is 1. The molecule has 0 heterocycles. The van der Waals surface area contributed by atoms with Crippen LogP contribution in [-0.2, 0) is 11.3 Å². The first-order valence-electron chi connectivity index (χ1n) is 7.91. The maximum absolute atomic E-state index is 11.8. The number of ether oxygens (including phenoxy) is 1. The first kappa shape index (κ1) is 16.9. The van der Waals surface area contributed by atoms with Gasteiger partial charge in [0, 0.05) is 12.2 Å².